The molecule has 0 bridgehead atoms. The van der Waals surface area contributed by atoms with E-state index >= 15 is 0 Å². The molecule has 1 rings (SSSR count). The summed E-state index contributed by atoms with van der Waals surface area (Å²) in [7, 11) is -4.59. The Labute approximate surface area is 221 Å². The molecule has 4 N–H and O–H groups in total. The van der Waals surface area contributed by atoms with Gasteiger partial charge in [-0.25, -0.2) is 0 Å². The third-order valence-corrected chi connectivity index (χ3v) is 6.80. The maximum Gasteiger partial charge on any atom is 1.00 e. The molecule has 0 saturated carbocycles. The van der Waals surface area contributed by atoms with Crippen molar-refractivity contribution in [3.05, 3.63) is 0 Å². The quantitative estimate of drug-likeness (QED) is 0.106. The van der Waals surface area contributed by atoms with Crippen LogP contribution in [0.15, 0.2) is 0 Å². The molecule has 0 aromatic rings. The molecule has 11 heteroatoms. The first kappa shape index (κ1) is 33.9. The summed E-state index contributed by atoms with van der Waals surface area (Å²) in [5.74, 6) is 0. The Morgan fingerprint density at radius 3 is 1.67 bits per heavy atom. The molecule has 1 heterocycles. The van der Waals surface area contributed by atoms with Crippen LogP contribution in [0.2, 0.25) is 0 Å². The van der Waals surface area contributed by atoms with E-state index in [1.54, 1.807) is 0 Å². The number of ether oxygens (including phenoxy) is 1. The molecule has 1 saturated heterocycles. The van der Waals surface area contributed by atoms with Crippen LogP contribution in [0.4, 0.5) is 0 Å². The number of hydrogen-bond acceptors (Lipinski definition) is 9. The smallest absolute Gasteiger partial charge is 0.756 e. The van der Waals surface area contributed by atoms with Crippen molar-refractivity contribution in [2.24, 2.45) is 0 Å². The van der Waals surface area contributed by atoms with Gasteiger partial charge in [-0.15, -0.1) is 0 Å². The summed E-state index contributed by atoms with van der Waals surface area (Å²) in [6.45, 7) is 1.61. The Bertz CT molecular complexity index is 514. The van der Waals surface area contributed by atoms with Gasteiger partial charge >= 0.3 is 29.6 Å². The largest absolute Gasteiger partial charge is 1.00 e. The van der Waals surface area contributed by atoms with Gasteiger partial charge < -0.3 is 39.1 Å². The van der Waals surface area contributed by atoms with Gasteiger partial charge in [0.05, 0.1) is 13.2 Å². The van der Waals surface area contributed by atoms with Gasteiger partial charge in [-0.3, -0.25) is 4.57 Å². The zero-order valence-electron chi connectivity index (χ0n) is 20.5. The Kier molecular flexibility index (Phi) is 20.6. The van der Waals surface area contributed by atoms with E-state index < -0.39 is 45.1 Å². The minimum Gasteiger partial charge on any atom is -0.756 e. The summed E-state index contributed by atoms with van der Waals surface area (Å²) >= 11 is 0. The molecule has 1 aliphatic heterocycles. The fourth-order valence-electron chi connectivity index (χ4n) is 3.74. The van der Waals surface area contributed by atoms with E-state index in [2.05, 4.69) is 11.4 Å². The van der Waals surface area contributed by atoms with Gasteiger partial charge in [0.1, 0.15) is 24.4 Å². The van der Waals surface area contributed by atoms with Crippen LogP contribution in [0, 0.1) is 0 Å². The molecule has 9 nitrogen and oxygen atoms in total. The van der Waals surface area contributed by atoms with Gasteiger partial charge in [-0.2, -0.15) is 0 Å². The van der Waals surface area contributed by atoms with Crippen molar-refractivity contribution < 1.29 is 73.2 Å². The average Bonchev–Trinajstić information content (AvgIpc) is 2.76. The fraction of sp³-hybridized carbons (Fsp3) is 1.00. The summed E-state index contributed by atoms with van der Waals surface area (Å²) < 4.78 is 26.2. The number of aliphatic hydroxyl groups excluding tert-OH is 4. The van der Waals surface area contributed by atoms with Crippen molar-refractivity contribution >= 4 is 7.82 Å². The van der Waals surface area contributed by atoms with Gasteiger partial charge in [0.2, 0.25) is 0 Å². The second kappa shape index (κ2) is 20.0. The number of unbranched alkanes of at least 4 members (excludes halogenated alkanes) is 13. The van der Waals surface area contributed by atoms with Crippen LogP contribution in [-0.2, 0) is 18.3 Å². The molecular weight excluding hydrogens is 462 g/mol. The van der Waals surface area contributed by atoms with E-state index in [1.165, 1.54) is 64.2 Å². The number of phosphoric acid groups is 1. The number of phosphoric ester groups is 1. The molecule has 192 valence electrons. The molecule has 1 fully saturated rings. The van der Waals surface area contributed by atoms with Gasteiger partial charge in [-0.05, 0) is 6.42 Å². The summed E-state index contributed by atoms with van der Waals surface area (Å²) in [6, 6.07) is 0. The predicted octanol–water partition coefficient (Wildman–Crippen LogP) is -0.227. The molecular formula is C22H44NaO9P. The standard InChI is InChI=1S/C22H45O9P.Na/c1-2-3-4-5-6-7-8-9-10-11-12-13-14-15-16-29-32(27,28)30-17-18-19(23)20(24)21(25)22(26)31-18;/h18-26H,2-17H2,1H3,(H,27,28);/q;+1/p-1/t18-,19-,20+,21+,22?;/m1./s1. The van der Waals surface area contributed by atoms with E-state index in [0.29, 0.717) is 6.42 Å². The number of aliphatic hydroxyl groups is 4. The molecule has 0 amide bonds. The van der Waals surface area contributed by atoms with Gasteiger partial charge in [0.25, 0.3) is 7.82 Å². The van der Waals surface area contributed by atoms with E-state index in [0.717, 1.165) is 19.3 Å². The van der Waals surface area contributed by atoms with Gasteiger partial charge in [-0.1, -0.05) is 90.4 Å². The Morgan fingerprint density at radius 1 is 0.727 bits per heavy atom. The first-order valence-corrected chi connectivity index (χ1v) is 13.7. The first-order chi connectivity index (χ1) is 15.3. The summed E-state index contributed by atoms with van der Waals surface area (Å²) in [5, 5.41) is 38.2. The summed E-state index contributed by atoms with van der Waals surface area (Å²) in [4.78, 5) is 11.8. The van der Waals surface area contributed by atoms with Crippen LogP contribution in [-0.4, -0.2) is 64.3 Å². The van der Waals surface area contributed by atoms with Crippen LogP contribution in [0.5, 0.6) is 0 Å². The molecule has 0 aromatic heterocycles. The molecule has 1 aliphatic rings. The molecule has 0 aliphatic carbocycles. The van der Waals surface area contributed by atoms with Crippen LogP contribution in [0.1, 0.15) is 96.8 Å². The SMILES string of the molecule is CCCCCCCCCCCCCCCCOP(=O)([O-])OC[C@H]1OC(O)[C@@H](O)[C@@H](O)[C@@H]1O.[Na+]. The van der Waals surface area contributed by atoms with E-state index in [9.17, 15) is 29.9 Å². The average molecular weight is 507 g/mol. The molecule has 0 radical (unpaired) electrons. The Balaban J connectivity index is 0.0000102. The molecule has 6 atom stereocenters. The fourth-order valence-corrected chi connectivity index (χ4v) is 4.50. The van der Waals surface area contributed by atoms with E-state index in [1.807, 2.05) is 0 Å². The molecule has 2 unspecified atom stereocenters. The van der Waals surface area contributed by atoms with Crippen molar-refractivity contribution in [3.63, 3.8) is 0 Å². The minimum atomic E-state index is -4.59. The Morgan fingerprint density at radius 2 is 1.18 bits per heavy atom. The second-order valence-corrected chi connectivity index (χ2v) is 10.1. The summed E-state index contributed by atoms with van der Waals surface area (Å²) in [5.41, 5.74) is 0. The van der Waals surface area contributed by atoms with E-state index in [4.69, 9.17) is 9.26 Å². The topological polar surface area (TPSA) is 149 Å². The minimum absolute atomic E-state index is 0. The van der Waals surface area contributed by atoms with Crippen molar-refractivity contribution in [2.75, 3.05) is 13.2 Å². The summed E-state index contributed by atoms with van der Waals surface area (Å²) in [6.07, 6.45) is 8.77. The number of rotatable bonds is 19. The van der Waals surface area contributed by atoms with E-state index in [-0.39, 0.29) is 36.2 Å². The van der Waals surface area contributed by atoms with Crippen LogP contribution < -0.4 is 34.5 Å². The maximum atomic E-state index is 11.8. The predicted molar refractivity (Wildman–Crippen MR) is 119 cm³/mol. The van der Waals surface area contributed by atoms with Crippen molar-refractivity contribution in [1.82, 2.24) is 0 Å². The van der Waals surface area contributed by atoms with Crippen molar-refractivity contribution in [1.29, 1.82) is 0 Å². The molecule has 0 aromatic carbocycles. The monoisotopic (exact) mass is 506 g/mol. The van der Waals surface area contributed by atoms with Crippen LogP contribution in [0.25, 0.3) is 0 Å². The maximum absolute atomic E-state index is 11.8. The third kappa shape index (κ3) is 15.6. The molecule has 0 spiro atoms. The second-order valence-electron chi connectivity index (χ2n) is 8.71. The zero-order valence-corrected chi connectivity index (χ0v) is 23.4. The zero-order chi connectivity index (χ0) is 23.8. The number of hydrogen-bond donors (Lipinski definition) is 4. The Hall–Kier alpha value is 0.910. The van der Waals surface area contributed by atoms with Gasteiger partial charge in [0, 0.05) is 0 Å². The van der Waals surface area contributed by atoms with Gasteiger partial charge in [0.15, 0.2) is 6.29 Å². The van der Waals surface area contributed by atoms with Crippen molar-refractivity contribution in [2.45, 2.75) is 128 Å². The third-order valence-electron chi connectivity index (χ3n) is 5.83. The molecule has 33 heavy (non-hydrogen) atoms. The van der Waals surface area contributed by atoms with Crippen LogP contribution in [0.3, 0.4) is 0 Å². The van der Waals surface area contributed by atoms with Crippen molar-refractivity contribution in [3.8, 4) is 0 Å². The van der Waals surface area contributed by atoms with Crippen LogP contribution >= 0.6 is 7.82 Å². The normalized spacial score (nSPS) is 27.2. The first-order valence-electron chi connectivity index (χ1n) is 12.3.